The Bertz CT molecular complexity index is 559. The largest absolute Gasteiger partial charge is 0.379 e. The summed E-state index contributed by atoms with van der Waals surface area (Å²) in [5.74, 6) is 1.07. The van der Waals surface area contributed by atoms with E-state index in [1.54, 1.807) is 0 Å². The van der Waals surface area contributed by atoms with Crippen molar-refractivity contribution in [3.8, 4) is 0 Å². The van der Waals surface area contributed by atoms with Gasteiger partial charge in [0, 0.05) is 39.1 Å². The van der Waals surface area contributed by atoms with E-state index in [4.69, 9.17) is 4.74 Å². The van der Waals surface area contributed by atoms with E-state index < -0.39 is 0 Å². The van der Waals surface area contributed by atoms with Crippen LogP contribution >= 0.6 is 0 Å². The lowest BCUT2D eigenvalue weighted by atomic mass is 9.80. The summed E-state index contributed by atoms with van der Waals surface area (Å²) in [6, 6.07) is 10.5. The summed E-state index contributed by atoms with van der Waals surface area (Å²) in [7, 11) is 0. The van der Waals surface area contributed by atoms with Gasteiger partial charge in [0.05, 0.1) is 13.2 Å². The summed E-state index contributed by atoms with van der Waals surface area (Å²) in [5, 5.41) is 0. The number of benzene rings is 1. The van der Waals surface area contributed by atoms with Crippen molar-refractivity contribution in [2.24, 2.45) is 5.92 Å². The van der Waals surface area contributed by atoms with Crippen LogP contribution in [0.3, 0.4) is 0 Å². The van der Waals surface area contributed by atoms with Gasteiger partial charge in [-0.1, -0.05) is 44.2 Å². The molecule has 1 aromatic rings. The molecule has 3 rings (SSSR count). The van der Waals surface area contributed by atoms with E-state index in [2.05, 4.69) is 47.9 Å². The van der Waals surface area contributed by atoms with Crippen LogP contribution in [0, 0.1) is 5.92 Å². The fraction of sp³-hybridized carbons (Fsp3) is 0.682. The van der Waals surface area contributed by atoms with Gasteiger partial charge in [-0.15, -0.1) is 0 Å². The van der Waals surface area contributed by atoms with E-state index in [1.807, 2.05) is 6.07 Å². The number of carbonyl (C=O) groups excluding carboxylic acids is 1. The number of morpholine rings is 1. The average Bonchev–Trinajstić information content (AvgIpc) is 2.68. The van der Waals surface area contributed by atoms with Gasteiger partial charge in [-0.3, -0.25) is 9.69 Å². The summed E-state index contributed by atoms with van der Waals surface area (Å²) in [6.45, 7) is 11.4. The summed E-state index contributed by atoms with van der Waals surface area (Å²) < 4.78 is 5.43. The molecule has 0 aromatic heterocycles. The van der Waals surface area contributed by atoms with Crippen molar-refractivity contribution in [3.63, 3.8) is 0 Å². The molecule has 2 saturated heterocycles. The van der Waals surface area contributed by atoms with Crippen LogP contribution in [0.5, 0.6) is 0 Å². The summed E-state index contributed by atoms with van der Waals surface area (Å²) in [4.78, 5) is 17.3. The van der Waals surface area contributed by atoms with Crippen LogP contribution in [0.1, 0.15) is 45.1 Å². The molecule has 26 heavy (non-hydrogen) atoms. The smallest absolute Gasteiger partial charge is 0.222 e. The molecule has 0 bridgehead atoms. The molecule has 0 unspecified atom stereocenters. The van der Waals surface area contributed by atoms with E-state index >= 15 is 0 Å². The lowest BCUT2D eigenvalue weighted by Crippen LogP contribution is -2.44. The molecule has 0 radical (unpaired) electrons. The van der Waals surface area contributed by atoms with Gasteiger partial charge in [0.1, 0.15) is 0 Å². The van der Waals surface area contributed by atoms with Crippen LogP contribution in [0.25, 0.3) is 0 Å². The Morgan fingerprint density at radius 3 is 2.38 bits per heavy atom. The van der Waals surface area contributed by atoms with Crippen molar-refractivity contribution in [1.82, 2.24) is 9.80 Å². The zero-order chi connectivity index (χ0) is 18.4. The Hall–Kier alpha value is -1.39. The molecule has 144 valence electrons. The number of carbonyl (C=O) groups is 1. The van der Waals surface area contributed by atoms with Crippen molar-refractivity contribution >= 4 is 5.91 Å². The first-order valence-corrected chi connectivity index (χ1v) is 10.2. The maximum absolute atomic E-state index is 12.7. The van der Waals surface area contributed by atoms with Crippen LogP contribution in [0.2, 0.25) is 0 Å². The second kappa shape index (κ2) is 9.01. The third kappa shape index (κ3) is 5.31. The molecule has 1 amide bonds. The van der Waals surface area contributed by atoms with Gasteiger partial charge in [0.2, 0.25) is 5.91 Å². The molecule has 0 aliphatic carbocycles. The van der Waals surface area contributed by atoms with E-state index in [0.29, 0.717) is 12.3 Å². The molecule has 0 N–H and O–H groups in total. The van der Waals surface area contributed by atoms with Crippen LogP contribution < -0.4 is 0 Å². The van der Waals surface area contributed by atoms with Crippen LogP contribution in [-0.4, -0.2) is 61.6 Å². The fourth-order valence-corrected chi connectivity index (χ4v) is 4.13. The fourth-order valence-electron chi connectivity index (χ4n) is 4.13. The van der Waals surface area contributed by atoms with E-state index in [1.165, 1.54) is 12.1 Å². The molecule has 0 spiro atoms. The molecule has 0 atom stereocenters. The maximum Gasteiger partial charge on any atom is 0.222 e. The molecular weight excluding hydrogens is 324 g/mol. The predicted molar refractivity (Wildman–Crippen MR) is 105 cm³/mol. The van der Waals surface area contributed by atoms with Crippen molar-refractivity contribution in [2.45, 2.75) is 44.9 Å². The number of rotatable bonds is 6. The average molecular weight is 359 g/mol. The molecule has 2 fully saturated rings. The standard InChI is InChI=1S/C22H34N2O2/c1-22(2,20-6-4-3-5-7-20)11-8-21(25)24-12-9-19(10-13-24)18-23-14-16-26-17-15-23/h3-7,19H,8-18H2,1-2H3. The maximum atomic E-state index is 12.7. The number of hydrogen-bond acceptors (Lipinski definition) is 3. The van der Waals surface area contributed by atoms with Crippen LogP contribution in [0.4, 0.5) is 0 Å². The normalized spacial score (nSPS) is 20.3. The Balaban J connectivity index is 1.41. The Morgan fingerprint density at radius 2 is 1.73 bits per heavy atom. The van der Waals surface area contributed by atoms with Gasteiger partial charge >= 0.3 is 0 Å². The van der Waals surface area contributed by atoms with Crippen molar-refractivity contribution in [2.75, 3.05) is 45.9 Å². The first kappa shape index (κ1) is 19.4. The molecule has 0 saturated carbocycles. The third-order valence-electron chi connectivity index (χ3n) is 6.11. The van der Waals surface area contributed by atoms with Gasteiger partial charge in [0.25, 0.3) is 0 Å². The molecular formula is C22H34N2O2. The number of piperidine rings is 1. The molecule has 4 heteroatoms. The van der Waals surface area contributed by atoms with Crippen molar-refractivity contribution in [3.05, 3.63) is 35.9 Å². The first-order valence-electron chi connectivity index (χ1n) is 10.2. The number of likely N-dealkylation sites (tertiary alicyclic amines) is 1. The van der Waals surface area contributed by atoms with E-state index in [9.17, 15) is 4.79 Å². The minimum atomic E-state index is 0.0472. The van der Waals surface area contributed by atoms with Crippen LogP contribution in [0.15, 0.2) is 30.3 Å². The van der Waals surface area contributed by atoms with Gasteiger partial charge in [0.15, 0.2) is 0 Å². The Labute approximate surface area is 158 Å². The first-order chi connectivity index (χ1) is 12.5. The van der Waals surface area contributed by atoms with E-state index in [0.717, 1.165) is 64.6 Å². The number of nitrogens with zero attached hydrogens (tertiary/aromatic N) is 2. The van der Waals surface area contributed by atoms with Gasteiger partial charge in [-0.05, 0) is 36.2 Å². The van der Waals surface area contributed by atoms with Crippen molar-refractivity contribution < 1.29 is 9.53 Å². The molecule has 2 aliphatic heterocycles. The van der Waals surface area contributed by atoms with E-state index in [-0.39, 0.29) is 5.41 Å². The minimum absolute atomic E-state index is 0.0472. The molecule has 1 aromatic carbocycles. The van der Waals surface area contributed by atoms with Gasteiger partial charge in [-0.2, -0.15) is 0 Å². The Kier molecular flexibility index (Phi) is 6.71. The molecule has 2 aliphatic rings. The molecule has 4 nitrogen and oxygen atoms in total. The highest BCUT2D eigenvalue weighted by atomic mass is 16.5. The zero-order valence-electron chi connectivity index (χ0n) is 16.5. The number of amides is 1. The summed E-state index contributed by atoms with van der Waals surface area (Å²) in [5.41, 5.74) is 1.36. The quantitative estimate of drug-likeness (QED) is 0.782. The Morgan fingerprint density at radius 1 is 1.08 bits per heavy atom. The van der Waals surface area contributed by atoms with Gasteiger partial charge in [-0.25, -0.2) is 0 Å². The third-order valence-corrected chi connectivity index (χ3v) is 6.11. The topological polar surface area (TPSA) is 32.8 Å². The lowest BCUT2D eigenvalue weighted by Gasteiger charge is -2.36. The highest BCUT2D eigenvalue weighted by Gasteiger charge is 2.27. The summed E-state index contributed by atoms with van der Waals surface area (Å²) in [6.07, 6.45) is 3.84. The summed E-state index contributed by atoms with van der Waals surface area (Å²) >= 11 is 0. The van der Waals surface area contributed by atoms with Gasteiger partial charge < -0.3 is 9.64 Å². The molecule has 2 heterocycles. The SMILES string of the molecule is CC(C)(CCC(=O)N1CCC(CN2CCOCC2)CC1)c1ccccc1. The second-order valence-electron chi connectivity index (χ2n) is 8.49. The second-order valence-corrected chi connectivity index (χ2v) is 8.49. The minimum Gasteiger partial charge on any atom is -0.379 e. The highest BCUT2D eigenvalue weighted by Crippen LogP contribution is 2.29. The highest BCUT2D eigenvalue weighted by molar-refractivity contribution is 5.76. The number of ether oxygens (including phenoxy) is 1. The lowest BCUT2D eigenvalue weighted by molar-refractivity contribution is -0.133. The van der Waals surface area contributed by atoms with Crippen molar-refractivity contribution in [1.29, 1.82) is 0 Å². The van der Waals surface area contributed by atoms with Crippen LogP contribution in [-0.2, 0) is 14.9 Å². The monoisotopic (exact) mass is 358 g/mol. The zero-order valence-corrected chi connectivity index (χ0v) is 16.5. The predicted octanol–water partition coefficient (Wildman–Crippen LogP) is 3.32. The number of hydrogen-bond donors (Lipinski definition) is 0.